The summed E-state index contributed by atoms with van der Waals surface area (Å²) in [5, 5.41) is 10.3. The van der Waals surface area contributed by atoms with Crippen molar-refractivity contribution in [1.29, 1.82) is 0 Å². The Balaban J connectivity index is 1.86. The number of hydrogen-bond donors (Lipinski definition) is 1. The first-order chi connectivity index (χ1) is 9.58. The van der Waals surface area contributed by atoms with Crippen LogP contribution in [0.15, 0.2) is 48.5 Å². The van der Waals surface area contributed by atoms with Gasteiger partial charge in [0.2, 0.25) is 0 Å². The van der Waals surface area contributed by atoms with Crippen molar-refractivity contribution in [2.24, 2.45) is 5.41 Å². The lowest BCUT2D eigenvalue weighted by Crippen LogP contribution is -2.14. The number of rotatable bonds is 1. The van der Waals surface area contributed by atoms with Crippen molar-refractivity contribution in [2.75, 3.05) is 6.56 Å². The average Bonchev–Trinajstić information content (AvgIpc) is 2.93. The van der Waals surface area contributed by atoms with E-state index in [4.69, 9.17) is 2.74 Å². The lowest BCUT2D eigenvalue weighted by molar-refractivity contribution is 0.200. The molecule has 3 aliphatic rings. The van der Waals surface area contributed by atoms with Gasteiger partial charge in [0.1, 0.15) is 0 Å². The van der Waals surface area contributed by atoms with E-state index in [0.29, 0.717) is 0 Å². The molecule has 0 heterocycles. The van der Waals surface area contributed by atoms with Gasteiger partial charge in [0, 0.05) is 23.2 Å². The molecule has 1 nitrogen and oxygen atoms in total. The fraction of sp³-hybridized carbons (Fsp3) is 0.294. The van der Waals surface area contributed by atoms with Crippen LogP contribution in [-0.2, 0) is 0 Å². The minimum absolute atomic E-state index is 0.00454. The molecule has 1 heteroatoms. The highest BCUT2D eigenvalue weighted by Gasteiger charge is 2.77. The Morgan fingerprint density at radius 3 is 1.78 bits per heavy atom. The molecule has 0 aliphatic heterocycles. The first-order valence-corrected chi connectivity index (χ1v) is 6.48. The molecule has 2 unspecified atom stereocenters. The average molecular weight is 236 g/mol. The minimum Gasteiger partial charge on any atom is -0.396 e. The summed E-state index contributed by atoms with van der Waals surface area (Å²) in [7, 11) is 0. The second-order valence-corrected chi connectivity index (χ2v) is 5.69. The van der Waals surface area contributed by atoms with E-state index in [-0.39, 0.29) is 17.8 Å². The predicted octanol–water partition coefficient (Wildman–Crippen LogP) is 3.01. The van der Waals surface area contributed by atoms with Crippen LogP contribution in [0.1, 0.15) is 42.7 Å². The molecule has 0 amide bonds. The van der Waals surface area contributed by atoms with Crippen LogP contribution in [0.25, 0.3) is 0 Å². The Morgan fingerprint density at radius 1 is 0.889 bits per heavy atom. The fourth-order valence-corrected chi connectivity index (χ4v) is 4.64. The van der Waals surface area contributed by atoms with Gasteiger partial charge in [-0.15, -0.1) is 0 Å². The monoisotopic (exact) mass is 236 g/mol. The van der Waals surface area contributed by atoms with Crippen LogP contribution in [-0.4, -0.2) is 11.7 Å². The molecule has 1 fully saturated rings. The van der Waals surface area contributed by atoms with Crippen LogP contribution in [0, 0.1) is 5.41 Å². The highest BCUT2D eigenvalue weighted by Crippen LogP contribution is 2.85. The van der Waals surface area contributed by atoms with Gasteiger partial charge in [-0.1, -0.05) is 48.5 Å². The van der Waals surface area contributed by atoms with E-state index in [1.165, 1.54) is 22.3 Å². The van der Waals surface area contributed by atoms with E-state index >= 15 is 0 Å². The topological polar surface area (TPSA) is 20.2 Å². The minimum atomic E-state index is -2.15. The summed E-state index contributed by atoms with van der Waals surface area (Å²) in [6, 6.07) is 16.5. The zero-order valence-corrected chi connectivity index (χ0v) is 9.80. The third-order valence-corrected chi connectivity index (χ3v) is 5.21. The van der Waals surface area contributed by atoms with E-state index in [1.54, 1.807) is 0 Å². The quantitative estimate of drug-likeness (QED) is 0.807. The van der Waals surface area contributed by atoms with Gasteiger partial charge >= 0.3 is 0 Å². The largest absolute Gasteiger partial charge is 0.396 e. The number of benzene rings is 2. The molecule has 0 radical (unpaired) electrons. The van der Waals surface area contributed by atoms with Gasteiger partial charge in [0.25, 0.3) is 0 Å². The molecule has 5 rings (SSSR count). The van der Waals surface area contributed by atoms with Crippen LogP contribution in [0.5, 0.6) is 0 Å². The summed E-state index contributed by atoms with van der Waals surface area (Å²) in [6.45, 7) is -2.15. The maximum atomic E-state index is 10.3. The molecule has 2 aromatic rings. The van der Waals surface area contributed by atoms with E-state index in [0.717, 1.165) is 0 Å². The highest BCUT2D eigenvalue weighted by molar-refractivity contribution is 5.67. The van der Waals surface area contributed by atoms with E-state index in [1.807, 2.05) is 24.3 Å². The molecule has 1 N–H and O–H groups in total. The molecule has 0 aromatic heterocycles. The second kappa shape index (κ2) is 2.70. The summed E-state index contributed by atoms with van der Waals surface area (Å²) >= 11 is 0. The van der Waals surface area contributed by atoms with Crippen molar-refractivity contribution < 1.29 is 7.85 Å². The highest BCUT2D eigenvalue weighted by atomic mass is 16.3. The maximum absolute atomic E-state index is 10.3. The van der Waals surface area contributed by atoms with Crippen LogP contribution < -0.4 is 0 Å². The molecule has 0 saturated heterocycles. The summed E-state index contributed by atoms with van der Waals surface area (Å²) < 4.78 is 16.1. The van der Waals surface area contributed by atoms with Crippen LogP contribution in [0.3, 0.4) is 0 Å². The Hall–Kier alpha value is -1.60. The molecule has 0 bridgehead atoms. The van der Waals surface area contributed by atoms with E-state index in [2.05, 4.69) is 24.3 Å². The summed E-state index contributed by atoms with van der Waals surface area (Å²) in [5.41, 5.74) is 4.21. The third kappa shape index (κ3) is 0.733. The van der Waals surface area contributed by atoms with Gasteiger partial charge in [-0.05, 0) is 22.3 Å². The van der Waals surface area contributed by atoms with Crippen molar-refractivity contribution in [3.63, 3.8) is 0 Å². The zero-order chi connectivity index (χ0) is 13.7. The first kappa shape index (κ1) is 7.75. The lowest BCUT2D eigenvalue weighted by Gasteiger charge is -2.19. The van der Waals surface area contributed by atoms with Crippen LogP contribution in [0.4, 0.5) is 0 Å². The Kier molecular flexibility index (Phi) is 1.16. The number of hydrogen-bond acceptors (Lipinski definition) is 1. The third-order valence-electron chi connectivity index (χ3n) is 5.21. The Labute approximate surface area is 109 Å². The van der Waals surface area contributed by atoms with Gasteiger partial charge < -0.3 is 5.11 Å². The zero-order valence-electron chi connectivity index (χ0n) is 11.8. The van der Waals surface area contributed by atoms with Crippen molar-refractivity contribution in [1.82, 2.24) is 0 Å². The van der Waals surface area contributed by atoms with E-state index in [9.17, 15) is 5.11 Å². The van der Waals surface area contributed by atoms with Crippen LogP contribution >= 0.6 is 0 Å². The molecule has 2 atom stereocenters. The van der Waals surface area contributed by atoms with E-state index < -0.39 is 12.0 Å². The standard InChI is InChI=1S/C17H14O/c18-9-17-14-10-5-1-3-7-12(10)15(17)16(17)13-8-4-2-6-11(13)14/h1-8,14-16,18H,9H2/i9D2. The normalized spacial score (nSPS) is 39.5. The fourth-order valence-electron chi connectivity index (χ4n) is 4.64. The Morgan fingerprint density at radius 2 is 1.33 bits per heavy atom. The number of aliphatic hydroxyl groups is 1. The van der Waals surface area contributed by atoms with Gasteiger partial charge in [0.15, 0.2) is 0 Å². The lowest BCUT2D eigenvalue weighted by atomic mass is 9.85. The first-order valence-electron chi connectivity index (χ1n) is 7.48. The number of fused-ring (bicyclic) bond motifs is 7. The SMILES string of the molecule is [2H]C([2H])(O)C12C3c4ccccc4C1C2c1ccccc13. The Bertz CT molecular complexity index is 693. The second-order valence-electron chi connectivity index (χ2n) is 5.69. The summed E-state index contributed by atoms with van der Waals surface area (Å²) in [6.07, 6.45) is 0. The molecular formula is C17H14O. The molecule has 88 valence electrons. The van der Waals surface area contributed by atoms with Crippen molar-refractivity contribution >= 4 is 0 Å². The van der Waals surface area contributed by atoms with Gasteiger partial charge in [-0.3, -0.25) is 0 Å². The molecule has 18 heavy (non-hydrogen) atoms. The smallest absolute Gasteiger partial charge is 0.0570 e. The molecular weight excluding hydrogens is 220 g/mol. The van der Waals surface area contributed by atoms with Gasteiger partial charge in [-0.25, -0.2) is 0 Å². The summed E-state index contributed by atoms with van der Waals surface area (Å²) in [4.78, 5) is 0. The van der Waals surface area contributed by atoms with Crippen molar-refractivity contribution in [2.45, 2.75) is 17.8 Å². The van der Waals surface area contributed by atoms with Crippen LogP contribution in [0.2, 0.25) is 0 Å². The predicted molar refractivity (Wildman–Crippen MR) is 69.7 cm³/mol. The molecule has 0 spiro atoms. The van der Waals surface area contributed by atoms with Gasteiger partial charge in [-0.2, -0.15) is 0 Å². The molecule has 1 saturated carbocycles. The van der Waals surface area contributed by atoms with Crippen molar-refractivity contribution in [3.05, 3.63) is 70.8 Å². The van der Waals surface area contributed by atoms with Gasteiger partial charge in [0.05, 0.1) is 9.30 Å². The van der Waals surface area contributed by atoms with Crippen molar-refractivity contribution in [3.8, 4) is 0 Å². The molecule has 3 aliphatic carbocycles. The molecule has 2 aromatic carbocycles. The maximum Gasteiger partial charge on any atom is 0.0570 e. The summed E-state index contributed by atoms with van der Waals surface area (Å²) in [5.74, 6) is 0.280.